The topological polar surface area (TPSA) is 71.2 Å². The Balaban J connectivity index is 1.99. The Morgan fingerprint density at radius 2 is 2.12 bits per heavy atom. The van der Waals surface area contributed by atoms with E-state index in [0.29, 0.717) is 6.42 Å². The average Bonchev–Trinajstić information content (AvgIpc) is 2.97. The molecule has 1 aliphatic carbocycles. The third-order valence-electron chi connectivity index (χ3n) is 3.03. The van der Waals surface area contributed by atoms with Crippen molar-refractivity contribution in [2.24, 2.45) is 5.92 Å². The molecule has 1 aromatic rings. The van der Waals surface area contributed by atoms with Gasteiger partial charge < -0.3 is 10.2 Å². The summed E-state index contributed by atoms with van der Waals surface area (Å²) in [5.41, 5.74) is 0. The molecule has 90 valence electrons. The van der Waals surface area contributed by atoms with Crippen LogP contribution in [0.25, 0.3) is 0 Å². The standard InChI is InChI=1S/C11H19N3O2/c1-7(2)14-10(12-6-13-14)5-9(15)11(16)8-3-4-8/h6-9,11,15-16H,3-5H2,1-2H3. The van der Waals surface area contributed by atoms with Gasteiger partial charge in [-0.3, -0.25) is 0 Å². The zero-order chi connectivity index (χ0) is 11.7. The Morgan fingerprint density at radius 3 is 2.69 bits per heavy atom. The van der Waals surface area contributed by atoms with Gasteiger partial charge in [0.1, 0.15) is 12.2 Å². The monoisotopic (exact) mass is 225 g/mol. The molecule has 0 saturated heterocycles. The van der Waals surface area contributed by atoms with Gasteiger partial charge in [0.25, 0.3) is 0 Å². The maximum atomic E-state index is 9.88. The minimum absolute atomic E-state index is 0.225. The maximum absolute atomic E-state index is 9.88. The zero-order valence-corrected chi connectivity index (χ0v) is 9.74. The first-order chi connectivity index (χ1) is 7.59. The fraction of sp³-hybridized carbons (Fsp3) is 0.818. The van der Waals surface area contributed by atoms with E-state index >= 15 is 0 Å². The summed E-state index contributed by atoms with van der Waals surface area (Å²) in [5, 5.41) is 23.8. The normalized spacial score (nSPS) is 20.1. The lowest BCUT2D eigenvalue weighted by Gasteiger charge is -2.17. The first kappa shape index (κ1) is 11.5. The Kier molecular flexibility index (Phi) is 3.25. The number of hydrogen-bond donors (Lipinski definition) is 2. The van der Waals surface area contributed by atoms with E-state index in [-0.39, 0.29) is 12.0 Å². The van der Waals surface area contributed by atoms with Crippen molar-refractivity contribution in [1.29, 1.82) is 0 Å². The summed E-state index contributed by atoms with van der Waals surface area (Å²) in [5.74, 6) is 1.02. The second-order valence-corrected chi connectivity index (χ2v) is 4.81. The van der Waals surface area contributed by atoms with E-state index in [1.807, 2.05) is 13.8 Å². The van der Waals surface area contributed by atoms with Crippen LogP contribution in [0, 0.1) is 5.92 Å². The van der Waals surface area contributed by atoms with Crippen LogP contribution in [0.1, 0.15) is 38.6 Å². The van der Waals surface area contributed by atoms with Crippen LogP contribution >= 0.6 is 0 Å². The summed E-state index contributed by atoms with van der Waals surface area (Å²) < 4.78 is 1.78. The summed E-state index contributed by atoms with van der Waals surface area (Å²) in [6.07, 6.45) is 2.57. The van der Waals surface area contributed by atoms with Crippen LogP contribution in [0.15, 0.2) is 6.33 Å². The molecular formula is C11H19N3O2. The van der Waals surface area contributed by atoms with Gasteiger partial charge in [-0.1, -0.05) is 0 Å². The zero-order valence-electron chi connectivity index (χ0n) is 9.74. The molecule has 1 heterocycles. The lowest BCUT2D eigenvalue weighted by atomic mass is 10.1. The van der Waals surface area contributed by atoms with Crippen molar-refractivity contribution >= 4 is 0 Å². The molecule has 1 aromatic heterocycles. The SMILES string of the molecule is CC(C)n1ncnc1CC(O)C(O)C1CC1. The van der Waals surface area contributed by atoms with Crippen molar-refractivity contribution < 1.29 is 10.2 Å². The van der Waals surface area contributed by atoms with Crippen LogP contribution in [0.2, 0.25) is 0 Å². The number of rotatable bonds is 5. The van der Waals surface area contributed by atoms with E-state index in [0.717, 1.165) is 18.7 Å². The highest BCUT2D eigenvalue weighted by Crippen LogP contribution is 2.34. The second-order valence-electron chi connectivity index (χ2n) is 4.81. The first-order valence-electron chi connectivity index (χ1n) is 5.84. The highest BCUT2D eigenvalue weighted by atomic mass is 16.3. The third-order valence-corrected chi connectivity index (χ3v) is 3.03. The molecule has 1 saturated carbocycles. The van der Waals surface area contributed by atoms with Gasteiger partial charge in [0, 0.05) is 12.5 Å². The minimum Gasteiger partial charge on any atom is -0.390 e. The van der Waals surface area contributed by atoms with E-state index < -0.39 is 12.2 Å². The predicted molar refractivity (Wildman–Crippen MR) is 58.8 cm³/mol. The van der Waals surface area contributed by atoms with Crippen LogP contribution in [0.4, 0.5) is 0 Å². The highest BCUT2D eigenvalue weighted by Gasteiger charge is 2.35. The summed E-state index contributed by atoms with van der Waals surface area (Å²) >= 11 is 0. The predicted octanol–water partition coefficient (Wildman–Crippen LogP) is 0.533. The van der Waals surface area contributed by atoms with Crippen molar-refractivity contribution in [3.05, 3.63) is 12.2 Å². The maximum Gasteiger partial charge on any atom is 0.138 e. The molecule has 0 spiro atoms. The van der Waals surface area contributed by atoms with Crippen molar-refractivity contribution in [3.8, 4) is 0 Å². The fourth-order valence-electron chi connectivity index (χ4n) is 1.91. The number of aliphatic hydroxyl groups excluding tert-OH is 2. The van der Waals surface area contributed by atoms with Crippen LogP contribution in [-0.4, -0.2) is 37.2 Å². The molecule has 16 heavy (non-hydrogen) atoms. The molecule has 5 nitrogen and oxygen atoms in total. The molecule has 0 amide bonds. The number of aliphatic hydroxyl groups is 2. The van der Waals surface area contributed by atoms with Gasteiger partial charge in [0.15, 0.2) is 0 Å². The molecule has 2 N–H and O–H groups in total. The van der Waals surface area contributed by atoms with Crippen molar-refractivity contribution in [2.45, 2.75) is 51.4 Å². The van der Waals surface area contributed by atoms with Crippen LogP contribution in [-0.2, 0) is 6.42 Å². The Bertz CT molecular complexity index is 347. The molecule has 1 fully saturated rings. The van der Waals surface area contributed by atoms with E-state index in [2.05, 4.69) is 10.1 Å². The van der Waals surface area contributed by atoms with Crippen molar-refractivity contribution in [2.75, 3.05) is 0 Å². The lowest BCUT2D eigenvalue weighted by Crippen LogP contribution is -2.31. The quantitative estimate of drug-likeness (QED) is 0.767. The molecule has 5 heteroatoms. The molecule has 1 aliphatic rings. The van der Waals surface area contributed by atoms with Gasteiger partial charge in [-0.05, 0) is 32.6 Å². The molecule has 0 bridgehead atoms. The molecule has 0 aromatic carbocycles. The number of nitrogens with zero attached hydrogens (tertiary/aromatic N) is 3. The Labute approximate surface area is 95.1 Å². The largest absolute Gasteiger partial charge is 0.390 e. The van der Waals surface area contributed by atoms with Gasteiger partial charge in [0.05, 0.1) is 12.2 Å². The first-order valence-corrected chi connectivity index (χ1v) is 5.84. The van der Waals surface area contributed by atoms with Crippen LogP contribution in [0.3, 0.4) is 0 Å². The number of hydrogen-bond acceptors (Lipinski definition) is 4. The summed E-state index contributed by atoms with van der Waals surface area (Å²) in [6.45, 7) is 4.03. The van der Waals surface area contributed by atoms with Crippen molar-refractivity contribution in [3.63, 3.8) is 0 Å². The lowest BCUT2D eigenvalue weighted by molar-refractivity contribution is 0.00500. The average molecular weight is 225 g/mol. The fourth-order valence-corrected chi connectivity index (χ4v) is 1.91. The molecule has 0 aliphatic heterocycles. The molecular weight excluding hydrogens is 206 g/mol. The van der Waals surface area contributed by atoms with Gasteiger partial charge >= 0.3 is 0 Å². The second kappa shape index (κ2) is 4.51. The minimum atomic E-state index is -0.728. The van der Waals surface area contributed by atoms with Crippen LogP contribution < -0.4 is 0 Å². The van der Waals surface area contributed by atoms with E-state index in [1.165, 1.54) is 6.33 Å². The molecule has 2 unspecified atom stereocenters. The van der Waals surface area contributed by atoms with Gasteiger partial charge in [-0.25, -0.2) is 9.67 Å². The summed E-state index contributed by atoms with van der Waals surface area (Å²) in [6, 6.07) is 0.225. The Morgan fingerprint density at radius 1 is 1.44 bits per heavy atom. The molecule has 2 atom stereocenters. The van der Waals surface area contributed by atoms with E-state index in [1.54, 1.807) is 4.68 Å². The van der Waals surface area contributed by atoms with Gasteiger partial charge in [-0.2, -0.15) is 5.10 Å². The molecule has 2 rings (SSSR count). The van der Waals surface area contributed by atoms with E-state index in [4.69, 9.17) is 0 Å². The van der Waals surface area contributed by atoms with Gasteiger partial charge in [0.2, 0.25) is 0 Å². The van der Waals surface area contributed by atoms with E-state index in [9.17, 15) is 10.2 Å². The molecule has 0 radical (unpaired) electrons. The van der Waals surface area contributed by atoms with Crippen molar-refractivity contribution in [1.82, 2.24) is 14.8 Å². The van der Waals surface area contributed by atoms with Crippen LogP contribution in [0.5, 0.6) is 0 Å². The highest BCUT2D eigenvalue weighted by molar-refractivity contribution is 4.94. The summed E-state index contributed by atoms with van der Waals surface area (Å²) in [7, 11) is 0. The smallest absolute Gasteiger partial charge is 0.138 e. The Hall–Kier alpha value is -0.940. The number of aromatic nitrogens is 3. The summed E-state index contributed by atoms with van der Waals surface area (Å²) in [4.78, 5) is 4.12. The third kappa shape index (κ3) is 2.41. The van der Waals surface area contributed by atoms with Gasteiger partial charge in [-0.15, -0.1) is 0 Å².